The molecule has 16 heavy (non-hydrogen) atoms. The van der Waals surface area contributed by atoms with Crippen LogP contribution in [0.3, 0.4) is 0 Å². The second-order valence-electron chi connectivity index (χ2n) is 3.15. The lowest BCUT2D eigenvalue weighted by molar-refractivity contribution is 0.597. The zero-order valence-corrected chi connectivity index (χ0v) is 10.4. The van der Waals surface area contributed by atoms with E-state index < -0.39 is 9.84 Å². The molecule has 2 rings (SSSR count). The van der Waals surface area contributed by atoms with E-state index >= 15 is 0 Å². The van der Waals surface area contributed by atoms with Gasteiger partial charge in [-0.2, -0.15) is 0 Å². The van der Waals surface area contributed by atoms with E-state index in [4.69, 9.17) is 17.3 Å². The van der Waals surface area contributed by atoms with E-state index in [2.05, 4.69) is 0 Å². The van der Waals surface area contributed by atoms with Gasteiger partial charge in [0.15, 0.2) is 0 Å². The first kappa shape index (κ1) is 11.4. The first-order valence-electron chi connectivity index (χ1n) is 4.34. The van der Waals surface area contributed by atoms with Crippen LogP contribution in [0.1, 0.15) is 0 Å². The molecule has 1 heterocycles. The van der Waals surface area contributed by atoms with Crippen molar-refractivity contribution < 1.29 is 8.42 Å². The third-order valence-corrected chi connectivity index (χ3v) is 5.06. The smallest absolute Gasteiger partial charge is 0.209 e. The molecule has 0 aliphatic rings. The Morgan fingerprint density at radius 1 is 1.12 bits per heavy atom. The Labute approximate surface area is 102 Å². The van der Waals surface area contributed by atoms with Crippen LogP contribution in [-0.2, 0) is 9.84 Å². The number of halogens is 1. The minimum absolute atomic E-state index is 0.153. The minimum atomic E-state index is -3.52. The second-order valence-corrected chi connectivity index (χ2v) is 6.25. The number of benzene rings is 1. The number of nitrogens with two attached hydrogens (primary N) is 1. The van der Waals surface area contributed by atoms with Crippen molar-refractivity contribution in [2.45, 2.75) is 9.79 Å². The molecule has 0 saturated heterocycles. The summed E-state index contributed by atoms with van der Waals surface area (Å²) in [4.78, 5) is 0.349. The summed E-state index contributed by atoms with van der Waals surface area (Å²) >= 11 is 6.96. The highest BCUT2D eigenvalue weighted by atomic mass is 35.5. The van der Waals surface area contributed by atoms with Gasteiger partial charge >= 0.3 is 0 Å². The Morgan fingerprint density at radius 3 is 2.25 bits per heavy atom. The molecule has 0 spiro atoms. The lowest BCUT2D eigenvalue weighted by Crippen LogP contribution is -2.03. The van der Waals surface area contributed by atoms with Crippen molar-refractivity contribution in [3.63, 3.8) is 0 Å². The summed E-state index contributed by atoms with van der Waals surface area (Å²) in [5.74, 6) is 0. The fourth-order valence-corrected chi connectivity index (χ4v) is 3.85. The Kier molecular flexibility index (Phi) is 2.92. The number of sulfone groups is 1. The molecule has 0 aliphatic carbocycles. The Bertz CT molecular complexity index is 602. The highest BCUT2D eigenvalue weighted by Crippen LogP contribution is 2.29. The van der Waals surface area contributed by atoms with Crippen molar-refractivity contribution in [2.24, 2.45) is 0 Å². The van der Waals surface area contributed by atoms with Crippen LogP contribution in [0, 0.1) is 0 Å². The van der Waals surface area contributed by atoms with E-state index in [1.807, 2.05) is 0 Å². The topological polar surface area (TPSA) is 60.2 Å². The fraction of sp³-hybridized carbons (Fsp3) is 0. The summed E-state index contributed by atoms with van der Waals surface area (Å²) in [6.07, 6.45) is 0. The van der Waals surface area contributed by atoms with Crippen LogP contribution in [-0.4, -0.2) is 8.42 Å². The molecule has 0 atom stereocenters. The normalized spacial score (nSPS) is 11.6. The van der Waals surface area contributed by atoms with Crippen molar-refractivity contribution in [1.82, 2.24) is 0 Å². The number of hydrogen-bond acceptors (Lipinski definition) is 4. The van der Waals surface area contributed by atoms with Crippen LogP contribution in [0.25, 0.3) is 0 Å². The van der Waals surface area contributed by atoms with E-state index in [1.54, 1.807) is 5.38 Å². The average molecular weight is 274 g/mol. The molecule has 0 saturated carbocycles. The van der Waals surface area contributed by atoms with Gasteiger partial charge in [-0.3, -0.25) is 0 Å². The van der Waals surface area contributed by atoms with E-state index in [1.165, 1.54) is 41.0 Å². The lowest BCUT2D eigenvalue weighted by atomic mass is 10.4. The molecule has 1 aromatic carbocycles. The number of thiophene rings is 1. The molecular formula is C10H8ClNO2S2. The van der Waals surface area contributed by atoms with Gasteiger partial charge in [0.25, 0.3) is 0 Å². The predicted octanol–water partition coefficient (Wildman–Crippen LogP) is 2.82. The highest BCUT2D eigenvalue weighted by molar-refractivity contribution is 7.91. The molecule has 0 amide bonds. The van der Waals surface area contributed by atoms with Gasteiger partial charge in [-0.25, -0.2) is 8.42 Å². The third-order valence-electron chi connectivity index (χ3n) is 2.07. The molecule has 3 nitrogen and oxygen atoms in total. The first-order valence-corrected chi connectivity index (χ1v) is 7.14. The minimum Gasteiger partial charge on any atom is -0.397 e. The summed E-state index contributed by atoms with van der Waals surface area (Å²) in [7, 11) is -3.52. The SMILES string of the molecule is Nc1cscc1S(=O)(=O)c1ccc(Cl)cc1. The van der Waals surface area contributed by atoms with Crippen LogP contribution < -0.4 is 5.73 Å². The van der Waals surface area contributed by atoms with Gasteiger partial charge in [0.2, 0.25) is 9.84 Å². The summed E-state index contributed by atoms with van der Waals surface area (Å²) in [6, 6.07) is 6.01. The van der Waals surface area contributed by atoms with Crippen LogP contribution in [0.2, 0.25) is 5.02 Å². The zero-order valence-electron chi connectivity index (χ0n) is 8.05. The fourth-order valence-electron chi connectivity index (χ4n) is 1.25. The van der Waals surface area contributed by atoms with Crippen molar-refractivity contribution in [2.75, 3.05) is 5.73 Å². The van der Waals surface area contributed by atoms with Crippen LogP contribution in [0.4, 0.5) is 5.69 Å². The van der Waals surface area contributed by atoms with Crippen LogP contribution in [0.15, 0.2) is 44.8 Å². The Hall–Kier alpha value is -1.04. The number of rotatable bonds is 2. The molecule has 0 aliphatic heterocycles. The van der Waals surface area contributed by atoms with Crippen molar-refractivity contribution in [1.29, 1.82) is 0 Å². The van der Waals surface area contributed by atoms with E-state index in [-0.39, 0.29) is 15.5 Å². The summed E-state index contributed by atoms with van der Waals surface area (Å²) in [6.45, 7) is 0. The van der Waals surface area contributed by atoms with Gasteiger partial charge in [0, 0.05) is 15.8 Å². The monoisotopic (exact) mass is 273 g/mol. The number of nitrogen functional groups attached to an aromatic ring is 1. The number of anilines is 1. The van der Waals surface area contributed by atoms with Gasteiger partial charge in [-0.15, -0.1) is 11.3 Å². The molecule has 6 heteroatoms. The molecule has 1 aromatic heterocycles. The summed E-state index contributed by atoms with van der Waals surface area (Å²) in [5, 5.41) is 3.62. The average Bonchev–Trinajstić information content (AvgIpc) is 2.66. The molecule has 0 bridgehead atoms. The van der Waals surface area contributed by atoms with Crippen LogP contribution in [0.5, 0.6) is 0 Å². The highest BCUT2D eigenvalue weighted by Gasteiger charge is 2.20. The number of hydrogen-bond donors (Lipinski definition) is 1. The Morgan fingerprint density at radius 2 is 1.75 bits per heavy atom. The molecule has 0 unspecified atom stereocenters. The van der Waals surface area contributed by atoms with Gasteiger partial charge in [-0.1, -0.05) is 11.6 Å². The van der Waals surface area contributed by atoms with E-state index in [0.29, 0.717) is 5.02 Å². The van der Waals surface area contributed by atoms with Gasteiger partial charge in [0.1, 0.15) is 4.90 Å². The van der Waals surface area contributed by atoms with Gasteiger partial charge < -0.3 is 5.73 Å². The maximum absolute atomic E-state index is 12.1. The zero-order chi connectivity index (χ0) is 11.8. The van der Waals surface area contributed by atoms with Crippen molar-refractivity contribution >= 4 is 38.5 Å². The Balaban J connectivity index is 2.56. The molecule has 0 radical (unpaired) electrons. The summed E-state index contributed by atoms with van der Waals surface area (Å²) < 4.78 is 24.2. The van der Waals surface area contributed by atoms with Gasteiger partial charge in [0.05, 0.1) is 10.6 Å². The largest absolute Gasteiger partial charge is 0.397 e. The maximum Gasteiger partial charge on any atom is 0.209 e. The third kappa shape index (κ3) is 1.93. The van der Waals surface area contributed by atoms with Crippen molar-refractivity contribution in [3.8, 4) is 0 Å². The quantitative estimate of drug-likeness (QED) is 0.915. The summed E-state index contributed by atoms with van der Waals surface area (Å²) in [5.41, 5.74) is 5.88. The van der Waals surface area contributed by atoms with Crippen molar-refractivity contribution in [3.05, 3.63) is 40.0 Å². The first-order chi connectivity index (χ1) is 7.51. The molecule has 0 fully saturated rings. The van der Waals surface area contributed by atoms with E-state index in [9.17, 15) is 8.42 Å². The molecule has 84 valence electrons. The lowest BCUT2D eigenvalue weighted by Gasteiger charge is -2.03. The van der Waals surface area contributed by atoms with E-state index in [0.717, 1.165) is 0 Å². The van der Waals surface area contributed by atoms with Crippen LogP contribution >= 0.6 is 22.9 Å². The second kappa shape index (κ2) is 4.08. The van der Waals surface area contributed by atoms with Gasteiger partial charge in [-0.05, 0) is 24.3 Å². The maximum atomic E-state index is 12.1. The molecular weight excluding hydrogens is 266 g/mol. The predicted molar refractivity (Wildman–Crippen MR) is 65.6 cm³/mol. The molecule has 2 N–H and O–H groups in total. The standard InChI is InChI=1S/C10H8ClNO2S2/c11-7-1-3-8(4-2-7)16(13,14)10-6-15-5-9(10)12/h1-6H,12H2. The molecule has 2 aromatic rings.